The van der Waals surface area contributed by atoms with Gasteiger partial charge in [0.15, 0.2) is 0 Å². The predicted molar refractivity (Wildman–Crippen MR) is 72.1 cm³/mol. The third kappa shape index (κ3) is 2.45. The van der Waals surface area contributed by atoms with Crippen LogP contribution in [0.4, 0.5) is 0 Å². The fourth-order valence-electron chi connectivity index (χ4n) is 3.95. The van der Waals surface area contributed by atoms with Crippen molar-refractivity contribution in [3.63, 3.8) is 0 Å². The van der Waals surface area contributed by atoms with Crippen molar-refractivity contribution >= 4 is 11.6 Å². The van der Waals surface area contributed by atoms with Crippen LogP contribution >= 0.6 is 0 Å². The average Bonchev–Trinajstić information content (AvgIpc) is 3.10. The summed E-state index contributed by atoms with van der Waals surface area (Å²) in [5.41, 5.74) is 4.04. The molecular formula is C15H24N2O. The maximum absolute atomic E-state index is 12.1. The summed E-state index contributed by atoms with van der Waals surface area (Å²) < 4.78 is 0. The Labute approximate surface area is 109 Å². The van der Waals surface area contributed by atoms with Crippen LogP contribution in [0.15, 0.2) is 5.10 Å². The van der Waals surface area contributed by atoms with Crippen LogP contribution in [0.3, 0.4) is 0 Å². The van der Waals surface area contributed by atoms with Crippen molar-refractivity contribution in [2.24, 2.45) is 28.8 Å². The zero-order valence-corrected chi connectivity index (χ0v) is 11.3. The van der Waals surface area contributed by atoms with Gasteiger partial charge in [-0.25, -0.2) is 5.43 Å². The van der Waals surface area contributed by atoms with E-state index in [-0.39, 0.29) is 11.8 Å². The van der Waals surface area contributed by atoms with Crippen molar-refractivity contribution in [1.29, 1.82) is 0 Å². The number of carbonyl (C=O) groups excluding carboxylic acids is 1. The van der Waals surface area contributed by atoms with Gasteiger partial charge in [0.1, 0.15) is 0 Å². The van der Waals surface area contributed by atoms with Gasteiger partial charge in [0.25, 0.3) is 0 Å². The van der Waals surface area contributed by atoms with Crippen LogP contribution in [-0.2, 0) is 4.79 Å². The maximum atomic E-state index is 12.1. The second-order valence-corrected chi connectivity index (χ2v) is 6.49. The van der Waals surface area contributed by atoms with Crippen LogP contribution in [0, 0.1) is 23.7 Å². The van der Waals surface area contributed by atoms with Crippen molar-refractivity contribution in [2.75, 3.05) is 0 Å². The van der Waals surface area contributed by atoms with Gasteiger partial charge in [0, 0.05) is 11.6 Å². The second-order valence-electron chi connectivity index (χ2n) is 6.49. The molecule has 0 aromatic carbocycles. The Morgan fingerprint density at radius 2 is 1.89 bits per heavy atom. The number of nitrogens with zero attached hydrogens (tertiary/aromatic N) is 1. The summed E-state index contributed by atoms with van der Waals surface area (Å²) in [6.07, 6.45) is 9.82. The molecule has 3 atom stereocenters. The van der Waals surface area contributed by atoms with E-state index in [1.54, 1.807) is 0 Å². The van der Waals surface area contributed by atoms with Crippen LogP contribution in [0.2, 0.25) is 0 Å². The zero-order chi connectivity index (χ0) is 12.5. The highest BCUT2D eigenvalue weighted by molar-refractivity contribution is 5.88. The van der Waals surface area contributed by atoms with E-state index in [9.17, 15) is 4.79 Å². The van der Waals surface area contributed by atoms with Gasteiger partial charge in [-0.3, -0.25) is 4.79 Å². The number of hydrazone groups is 1. The number of carbonyl (C=O) groups is 1. The van der Waals surface area contributed by atoms with E-state index in [1.165, 1.54) is 44.2 Å². The minimum absolute atomic E-state index is 0.192. The Kier molecular flexibility index (Phi) is 3.40. The van der Waals surface area contributed by atoms with E-state index in [4.69, 9.17) is 0 Å². The minimum atomic E-state index is 0.192. The van der Waals surface area contributed by atoms with Crippen LogP contribution in [-0.4, -0.2) is 11.6 Å². The zero-order valence-electron chi connectivity index (χ0n) is 11.3. The molecule has 18 heavy (non-hydrogen) atoms. The van der Waals surface area contributed by atoms with Gasteiger partial charge in [0.05, 0.1) is 0 Å². The first-order chi connectivity index (χ1) is 8.75. The number of fused-ring (bicyclic) bond motifs is 1. The Morgan fingerprint density at radius 3 is 2.56 bits per heavy atom. The van der Waals surface area contributed by atoms with Crippen LogP contribution in [0.25, 0.3) is 0 Å². The smallest absolute Gasteiger partial charge is 0.243 e. The quantitative estimate of drug-likeness (QED) is 0.750. The van der Waals surface area contributed by atoms with Gasteiger partial charge in [-0.15, -0.1) is 0 Å². The molecule has 0 aromatic heterocycles. The van der Waals surface area contributed by atoms with E-state index in [1.807, 2.05) is 0 Å². The lowest BCUT2D eigenvalue weighted by Crippen LogP contribution is -2.24. The molecule has 3 heteroatoms. The third-order valence-corrected chi connectivity index (χ3v) is 5.03. The van der Waals surface area contributed by atoms with Crippen molar-refractivity contribution in [1.82, 2.24) is 5.43 Å². The maximum Gasteiger partial charge on any atom is 0.243 e. The lowest BCUT2D eigenvalue weighted by atomic mass is 9.89. The summed E-state index contributed by atoms with van der Waals surface area (Å²) in [6, 6.07) is 0. The molecule has 0 bridgehead atoms. The fourth-order valence-corrected chi connectivity index (χ4v) is 3.95. The third-order valence-electron chi connectivity index (χ3n) is 5.03. The lowest BCUT2D eigenvalue weighted by molar-refractivity contribution is -0.122. The molecule has 3 fully saturated rings. The molecule has 3 nitrogen and oxygen atoms in total. The number of hydrogen-bond donors (Lipinski definition) is 1. The van der Waals surface area contributed by atoms with Crippen molar-refractivity contribution in [3.05, 3.63) is 0 Å². The highest BCUT2D eigenvalue weighted by atomic mass is 16.2. The van der Waals surface area contributed by atoms with Crippen LogP contribution < -0.4 is 5.43 Å². The topological polar surface area (TPSA) is 41.5 Å². The molecule has 1 amide bonds. The van der Waals surface area contributed by atoms with Gasteiger partial charge in [-0.05, 0) is 56.3 Å². The molecule has 1 N–H and O–H groups in total. The molecule has 0 radical (unpaired) electrons. The van der Waals surface area contributed by atoms with E-state index in [0.717, 1.165) is 18.8 Å². The highest BCUT2D eigenvalue weighted by Gasteiger charge is 2.54. The average molecular weight is 248 g/mol. The molecule has 3 saturated carbocycles. The summed E-state index contributed by atoms with van der Waals surface area (Å²) in [5.74, 6) is 2.59. The number of nitrogens with one attached hydrogen (secondary N) is 1. The summed E-state index contributed by atoms with van der Waals surface area (Å²) in [7, 11) is 0. The molecular weight excluding hydrogens is 224 g/mol. The fraction of sp³-hybridized carbons (Fsp3) is 0.867. The van der Waals surface area contributed by atoms with Gasteiger partial charge in [-0.2, -0.15) is 5.10 Å². The van der Waals surface area contributed by atoms with Crippen LogP contribution in [0.5, 0.6) is 0 Å². The molecule has 0 spiro atoms. The molecule has 0 aliphatic heterocycles. The Bertz CT molecular complexity index is 352. The predicted octanol–water partition coefficient (Wildman–Crippen LogP) is 3.10. The molecule has 3 aliphatic rings. The first kappa shape index (κ1) is 12.2. The lowest BCUT2D eigenvalue weighted by Gasteiger charge is -2.18. The van der Waals surface area contributed by atoms with Crippen LogP contribution in [0.1, 0.15) is 58.3 Å². The first-order valence-electron chi connectivity index (χ1n) is 7.61. The van der Waals surface area contributed by atoms with Crippen molar-refractivity contribution in [3.8, 4) is 0 Å². The summed E-state index contributed by atoms with van der Waals surface area (Å²) in [4.78, 5) is 12.1. The first-order valence-corrected chi connectivity index (χ1v) is 7.61. The molecule has 0 heterocycles. The van der Waals surface area contributed by atoms with Crippen molar-refractivity contribution in [2.45, 2.75) is 58.3 Å². The van der Waals surface area contributed by atoms with Crippen molar-refractivity contribution < 1.29 is 4.79 Å². The Hall–Kier alpha value is -0.860. The second kappa shape index (κ2) is 5.02. The van der Waals surface area contributed by atoms with Gasteiger partial charge in [-0.1, -0.05) is 19.8 Å². The summed E-state index contributed by atoms with van der Waals surface area (Å²) in [6.45, 7) is 2.27. The highest BCUT2D eigenvalue weighted by Crippen LogP contribution is 2.55. The normalized spacial score (nSPS) is 41.3. The largest absolute Gasteiger partial charge is 0.273 e. The SMILES string of the molecule is CC1CCC/C(=N\NC(=O)C2C3CCCCC32)C1. The standard InChI is InChI=1S/C15H24N2O/c1-10-5-4-6-11(9-10)16-17-15(18)14-12-7-2-3-8-13(12)14/h10,12-14H,2-9H2,1H3,(H,17,18)/b16-11+. The summed E-state index contributed by atoms with van der Waals surface area (Å²) >= 11 is 0. The summed E-state index contributed by atoms with van der Waals surface area (Å²) in [5, 5.41) is 4.37. The van der Waals surface area contributed by atoms with E-state index < -0.39 is 0 Å². The molecule has 0 saturated heterocycles. The Balaban J connectivity index is 1.51. The molecule has 3 rings (SSSR count). The monoisotopic (exact) mass is 248 g/mol. The van der Waals surface area contributed by atoms with Gasteiger partial charge >= 0.3 is 0 Å². The molecule has 3 unspecified atom stereocenters. The van der Waals surface area contributed by atoms with E-state index >= 15 is 0 Å². The van der Waals surface area contributed by atoms with Gasteiger partial charge in [0.2, 0.25) is 5.91 Å². The van der Waals surface area contributed by atoms with Gasteiger partial charge < -0.3 is 0 Å². The van der Waals surface area contributed by atoms with E-state index in [2.05, 4.69) is 17.5 Å². The molecule has 3 aliphatic carbocycles. The van der Waals surface area contributed by atoms with E-state index in [0.29, 0.717) is 11.8 Å². The molecule has 100 valence electrons. The Morgan fingerprint density at radius 1 is 1.17 bits per heavy atom. The molecule has 0 aromatic rings. The minimum Gasteiger partial charge on any atom is -0.273 e. The number of hydrogen-bond acceptors (Lipinski definition) is 2. The number of rotatable bonds is 2. The number of amides is 1.